The first-order chi connectivity index (χ1) is 14.1. The number of aromatic amines is 1. The number of piperidine rings is 1. The first-order valence-corrected chi connectivity index (χ1v) is 10.9. The van der Waals surface area contributed by atoms with E-state index >= 15 is 0 Å². The van der Waals surface area contributed by atoms with E-state index < -0.39 is 0 Å². The number of H-pyrrole nitrogens is 1. The Hall–Kier alpha value is -2.81. The highest BCUT2D eigenvalue weighted by Gasteiger charge is 2.28. The van der Waals surface area contributed by atoms with Gasteiger partial charge in [-0.15, -0.1) is 11.3 Å². The lowest BCUT2D eigenvalue weighted by molar-refractivity contribution is 0.0712. The number of carbonyl (C=O) groups is 1. The Morgan fingerprint density at radius 2 is 2.10 bits per heavy atom. The Labute approximate surface area is 171 Å². The van der Waals surface area contributed by atoms with E-state index in [-0.39, 0.29) is 11.5 Å². The van der Waals surface area contributed by atoms with E-state index in [0.717, 1.165) is 48.4 Å². The quantitative estimate of drug-likeness (QED) is 0.714. The van der Waals surface area contributed by atoms with Crippen molar-refractivity contribution in [1.29, 1.82) is 0 Å². The highest BCUT2D eigenvalue weighted by atomic mass is 32.1. The number of amides is 1. The molecule has 1 N–H and O–H groups in total. The van der Waals surface area contributed by atoms with Crippen LogP contribution in [0.2, 0.25) is 0 Å². The third kappa shape index (κ3) is 3.19. The summed E-state index contributed by atoms with van der Waals surface area (Å²) in [5.74, 6) is 0.799. The average molecular weight is 411 g/mol. The van der Waals surface area contributed by atoms with Crippen LogP contribution < -0.4 is 5.56 Å². The maximum atomic E-state index is 13.1. The third-order valence-corrected chi connectivity index (χ3v) is 6.89. The molecule has 9 heteroatoms. The van der Waals surface area contributed by atoms with Crippen molar-refractivity contribution in [3.63, 3.8) is 0 Å². The predicted molar refractivity (Wildman–Crippen MR) is 109 cm³/mol. The van der Waals surface area contributed by atoms with Crippen molar-refractivity contribution in [2.45, 2.75) is 44.9 Å². The number of aromatic nitrogens is 5. The summed E-state index contributed by atoms with van der Waals surface area (Å²) in [5.41, 5.74) is 2.77. The molecule has 0 aromatic carbocycles. The molecule has 5 rings (SSSR count). The van der Waals surface area contributed by atoms with Gasteiger partial charge in [-0.25, -0.2) is 14.6 Å². The van der Waals surface area contributed by atoms with Crippen molar-refractivity contribution < 1.29 is 4.79 Å². The van der Waals surface area contributed by atoms with Gasteiger partial charge in [0.15, 0.2) is 0 Å². The normalized spacial score (nSPS) is 16.9. The standard InChI is InChI=1S/C20H22N6O2S/c1-12-15(19(28)25-8-5-13(6-9-25)18-21-7-10-29-18)11-22-26(12)20-23-16-4-2-3-14(16)17(27)24-20/h7,10-11,13H,2-6,8-9H2,1H3,(H,23,24,27). The van der Waals surface area contributed by atoms with E-state index in [1.165, 1.54) is 0 Å². The van der Waals surface area contributed by atoms with Crippen molar-refractivity contribution >= 4 is 17.2 Å². The first kappa shape index (κ1) is 18.2. The van der Waals surface area contributed by atoms with E-state index in [0.29, 0.717) is 36.2 Å². The second-order valence-electron chi connectivity index (χ2n) is 7.66. The molecule has 0 radical (unpaired) electrons. The number of carbonyl (C=O) groups excluding carboxylic acids is 1. The van der Waals surface area contributed by atoms with Crippen molar-refractivity contribution in [3.8, 4) is 5.95 Å². The molecule has 2 aliphatic rings. The highest BCUT2D eigenvalue weighted by molar-refractivity contribution is 7.09. The molecule has 1 aliphatic carbocycles. The Balaban J connectivity index is 1.35. The summed E-state index contributed by atoms with van der Waals surface area (Å²) in [6.07, 6.45) is 7.81. The zero-order valence-corrected chi connectivity index (χ0v) is 17.0. The van der Waals surface area contributed by atoms with Crippen LogP contribution >= 0.6 is 11.3 Å². The van der Waals surface area contributed by atoms with Gasteiger partial charge in [0.1, 0.15) is 0 Å². The van der Waals surface area contributed by atoms with Gasteiger partial charge < -0.3 is 4.90 Å². The van der Waals surface area contributed by atoms with Crippen LogP contribution in [0.25, 0.3) is 5.95 Å². The summed E-state index contributed by atoms with van der Waals surface area (Å²) in [7, 11) is 0. The molecule has 8 nitrogen and oxygen atoms in total. The summed E-state index contributed by atoms with van der Waals surface area (Å²) in [4.78, 5) is 39.1. The number of hydrogen-bond donors (Lipinski definition) is 1. The molecule has 4 heterocycles. The molecule has 3 aromatic heterocycles. The number of nitrogens with zero attached hydrogens (tertiary/aromatic N) is 5. The summed E-state index contributed by atoms with van der Waals surface area (Å²) in [6.45, 7) is 3.26. The van der Waals surface area contributed by atoms with Crippen LogP contribution in [-0.2, 0) is 12.8 Å². The average Bonchev–Trinajstić information content (AvgIpc) is 3.48. The molecule has 0 saturated carbocycles. The number of hydrogen-bond acceptors (Lipinski definition) is 6. The maximum absolute atomic E-state index is 13.1. The second kappa shape index (κ2) is 7.22. The minimum Gasteiger partial charge on any atom is -0.338 e. The van der Waals surface area contributed by atoms with Crippen LogP contribution in [0.1, 0.15) is 57.5 Å². The van der Waals surface area contributed by atoms with Gasteiger partial charge in [-0.1, -0.05) is 0 Å². The molecule has 0 unspecified atom stereocenters. The van der Waals surface area contributed by atoms with Crippen LogP contribution in [0, 0.1) is 6.92 Å². The molecular formula is C20H22N6O2S. The largest absolute Gasteiger partial charge is 0.338 e. The Bertz CT molecular complexity index is 1110. The number of rotatable bonds is 3. The van der Waals surface area contributed by atoms with Crippen LogP contribution in [0.3, 0.4) is 0 Å². The molecule has 1 amide bonds. The van der Waals surface area contributed by atoms with Crippen molar-refractivity contribution in [2.75, 3.05) is 13.1 Å². The van der Waals surface area contributed by atoms with Gasteiger partial charge in [-0.3, -0.25) is 14.6 Å². The second-order valence-corrected chi connectivity index (χ2v) is 8.59. The van der Waals surface area contributed by atoms with Gasteiger partial charge in [0.05, 0.1) is 28.2 Å². The predicted octanol–water partition coefficient (Wildman–Crippen LogP) is 2.23. The molecule has 1 aliphatic heterocycles. The van der Waals surface area contributed by atoms with Crippen LogP contribution in [0.15, 0.2) is 22.6 Å². The zero-order valence-electron chi connectivity index (χ0n) is 16.2. The molecular weight excluding hydrogens is 388 g/mol. The number of aryl methyl sites for hydroxylation is 1. The number of thiazole rings is 1. The number of fused-ring (bicyclic) bond motifs is 1. The van der Waals surface area contributed by atoms with Crippen LogP contribution in [0.4, 0.5) is 0 Å². The lowest BCUT2D eigenvalue weighted by Crippen LogP contribution is -2.38. The Morgan fingerprint density at radius 1 is 1.28 bits per heavy atom. The molecule has 0 atom stereocenters. The van der Waals surface area contributed by atoms with Crippen LogP contribution in [-0.4, -0.2) is 48.6 Å². The number of likely N-dealkylation sites (tertiary alicyclic amines) is 1. The topological polar surface area (TPSA) is 96.8 Å². The van der Waals surface area contributed by atoms with Crippen LogP contribution in [0.5, 0.6) is 0 Å². The smallest absolute Gasteiger partial charge is 0.257 e. The Morgan fingerprint density at radius 3 is 2.86 bits per heavy atom. The van der Waals surface area contributed by atoms with Gasteiger partial charge in [0.25, 0.3) is 11.5 Å². The van der Waals surface area contributed by atoms with Crippen molar-refractivity contribution in [3.05, 3.63) is 55.6 Å². The monoisotopic (exact) mass is 410 g/mol. The zero-order chi connectivity index (χ0) is 20.0. The minimum atomic E-state index is -0.102. The molecule has 0 spiro atoms. The van der Waals surface area contributed by atoms with Gasteiger partial charge in [0, 0.05) is 36.1 Å². The summed E-state index contributed by atoms with van der Waals surface area (Å²) in [5, 5.41) is 7.51. The molecule has 1 saturated heterocycles. The van der Waals surface area contributed by atoms with E-state index in [1.807, 2.05) is 23.4 Å². The van der Waals surface area contributed by atoms with E-state index in [1.54, 1.807) is 22.2 Å². The first-order valence-electron chi connectivity index (χ1n) is 9.97. The minimum absolute atomic E-state index is 0.0187. The van der Waals surface area contributed by atoms with Gasteiger partial charge in [0.2, 0.25) is 5.95 Å². The van der Waals surface area contributed by atoms with Gasteiger partial charge in [-0.2, -0.15) is 5.10 Å². The van der Waals surface area contributed by atoms with E-state index in [9.17, 15) is 9.59 Å². The van der Waals surface area contributed by atoms with E-state index in [4.69, 9.17) is 0 Å². The number of nitrogens with one attached hydrogen (secondary N) is 1. The lowest BCUT2D eigenvalue weighted by Gasteiger charge is -2.31. The van der Waals surface area contributed by atoms with Crippen molar-refractivity contribution in [2.24, 2.45) is 0 Å². The Kier molecular flexibility index (Phi) is 4.54. The summed E-state index contributed by atoms with van der Waals surface area (Å²) in [6, 6.07) is 0. The fourth-order valence-electron chi connectivity index (χ4n) is 4.30. The van der Waals surface area contributed by atoms with Gasteiger partial charge >= 0.3 is 0 Å². The highest BCUT2D eigenvalue weighted by Crippen LogP contribution is 2.30. The molecule has 29 heavy (non-hydrogen) atoms. The summed E-state index contributed by atoms with van der Waals surface area (Å²) < 4.78 is 1.57. The molecule has 3 aromatic rings. The fraction of sp³-hybridized carbons (Fsp3) is 0.450. The third-order valence-electron chi connectivity index (χ3n) is 5.95. The fourth-order valence-corrected chi connectivity index (χ4v) is 5.11. The summed E-state index contributed by atoms with van der Waals surface area (Å²) >= 11 is 1.68. The molecule has 1 fully saturated rings. The van der Waals surface area contributed by atoms with E-state index in [2.05, 4.69) is 20.1 Å². The SMILES string of the molecule is Cc1c(C(=O)N2CCC(c3nccs3)CC2)cnn1-c1nc2c(c(=O)[nH]1)CCC2. The maximum Gasteiger partial charge on any atom is 0.257 e. The molecule has 150 valence electrons. The van der Waals surface area contributed by atoms with Crippen molar-refractivity contribution in [1.82, 2.24) is 29.6 Å². The van der Waals surface area contributed by atoms with Gasteiger partial charge in [-0.05, 0) is 39.0 Å². The lowest BCUT2D eigenvalue weighted by atomic mass is 9.97. The molecule has 0 bridgehead atoms.